The molecule has 0 aromatic carbocycles. The molecular formula is C9H18F2O. The van der Waals surface area contributed by atoms with Crippen LogP contribution >= 0.6 is 0 Å². The van der Waals surface area contributed by atoms with E-state index in [4.69, 9.17) is 4.74 Å². The molecule has 1 saturated carbocycles. The molecule has 0 atom stereocenters. The van der Waals surface area contributed by atoms with Crippen molar-refractivity contribution in [2.24, 2.45) is 5.92 Å². The van der Waals surface area contributed by atoms with Gasteiger partial charge in [-0.25, -0.2) is 4.39 Å². The number of halogens is 2. The number of alkyl halides is 2. The largest absolute Gasteiger partial charge is 0.347 e. The Hall–Kier alpha value is -0.180. The van der Waals surface area contributed by atoms with Gasteiger partial charge in [-0.2, -0.15) is 0 Å². The lowest BCUT2D eigenvalue weighted by Crippen LogP contribution is -2.19. The van der Waals surface area contributed by atoms with Crippen molar-refractivity contribution in [3.05, 3.63) is 0 Å². The minimum absolute atomic E-state index is 0.209. The Bertz CT molecular complexity index is 90.5. The van der Waals surface area contributed by atoms with E-state index in [1.807, 2.05) is 0 Å². The highest BCUT2D eigenvalue weighted by molar-refractivity contribution is 4.69. The van der Waals surface area contributed by atoms with E-state index in [1.165, 1.54) is 12.8 Å². The zero-order valence-electron chi connectivity index (χ0n) is 7.85. The van der Waals surface area contributed by atoms with E-state index in [0.717, 1.165) is 18.8 Å². The van der Waals surface area contributed by atoms with Crippen molar-refractivity contribution in [1.29, 1.82) is 0 Å². The van der Waals surface area contributed by atoms with Gasteiger partial charge in [-0.15, -0.1) is 0 Å². The molecule has 0 bridgehead atoms. The van der Waals surface area contributed by atoms with Crippen molar-refractivity contribution in [2.45, 2.75) is 38.7 Å². The summed E-state index contributed by atoms with van der Waals surface area (Å²) in [5.41, 5.74) is 0. The van der Waals surface area contributed by atoms with E-state index in [9.17, 15) is 8.78 Å². The zero-order valence-corrected chi connectivity index (χ0v) is 7.85. The van der Waals surface area contributed by atoms with Gasteiger partial charge in [0.1, 0.15) is 0 Å². The Kier molecular flexibility index (Phi) is 7.36. The van der Waals surface area contributed by atoms with Gasteiger partial charge in [-0.1, -0.05) is 6.92 Å². The molecule has 0 radical (unpaired) electrons. The predicted octanol–water partition coefficient (Wildman–Crippen LogP) is 3.09. The summed E-state index contributed by atoms with van der Waals surface area (Å²) in [5.74, 6) is 0.819. The predicted molar refractivity (Wildman–Crippen MR) is 45.5 cm³/mol. The molecule has 3 heteroatoms. The van der Waals surface area contributed by atoms with Crippen LogP contribution in [0.15, 0.2) is 0 Å². The van der Waals surface area contributed by atoms with Gasteiger partial charge in [0.25, 0.3) is 0 Å². The van der Waals surface area contributed by atoms with Crippen LogP contribution in [0.2, 0.25) is 0 Å². The van der Waals surface area contributed by atoms with Crippen molar-refractivity contribution in [2.75, 3.05) is 14.0 Å². The summed E-state index contributed by atoms with van der Waals surface area (Å²) >= 11 is 0. The number of hydrogen-bond acceptors (Lipinski definition) is 1. The van der Waals surface area contributed by atoms with Gasteiger partial charge in [-0.3, -0.25) is 4.39 Å². The van der Waals surface area contributed by atoms with Crippen LogP contribution in [-0.4, -0.2) is 20.1 Å². The average Bonchev–Trinajstić information content (AvgIpc) is 2.13. The van der Waals surface area contributed by atoms with Gasteiger partial charge in [-0.05, 0) is 31.6 Å². The minimum atomic E-state index is -0.612. The molecule has 0 aromatic heterocycles. The molecule has 0 heterocycles. The van der Waals surface area contributed by atoms with Crippen molar-refractivity contribution in [1.82, 2.24) is 0 Å². The standard InChI is InChI=1S/C8H15FO.CH3F/c1-7-2-4-8(5-3-7)10-6-9;1-2/h7-8H,2-6H2,1H3;1H3. The molecule has 0 saturated heterocycles. The summed E-state index contributed by atoms with van der Waals surface area (Å²) in [7, 11) is 0.500. The van der Waals surface area contributed by atoms with Crippen LogP contribution in [0.3, 0.4) is 0 Å². The summed E-state index contributed by atoms with van der Waals surface area (Å²) in [4.78, 5) is 0. The molecule has 0 aromatic rings. The monoisotopic (exact) mass is 180 g/mol. The Morgan fingerprint density at radius 2 is 1.67 bits per heavy atom. The first-order chi connectivity index (χ1) is 5.83. The van der Waals surface area contributed by atoms with Crippen LogP contribution in [0, 0.1) is 5.92 Å². The van der Waals surface area contributed by atoms with Crippen LogP contribution in [-0.2, 0) is 4.74 Å². The molecule has 12 heavy (non-hydrogen) atoms. The van der Waals surface area contributed by atoms with Crippen molar-refractivity contribution >= 4 is 0 Å². The van der Waals surface area contributed by atoms with Crippen LogP contribution in [0.5, 0.6) is 0 Å². The minimum Gasteiger partial charge on any atom is -0.347 e. The van der Waals surface area contributed by atoms with Gasteiger partial charge < -0.3 is 4.74 Å². The van der Waals surface area contributed by atoms with Gasteiger partial charge in [0.2, 0.25) is 0 Å². The first kappa shape index (κ1) is 11.8. The van der Waals surface area contributed by atoms with Crippen molar-refractivity contribution in [3.8, 4) is 0 Å². The van der Waals surface area contributed by atoms with E-state index >= 15 is 0 Å². The summed E-state index contributed by atoms with van der Waals surface area (Å²) in [6.45, 7) is 1.63. The van der Waals surface area contributed by atoms with Gasteiger partial charge >= 0.3 is 0 Å². The molecule has 1 aliphatic rings. The highest BCUT2D eigenvalue weighted by Gasteiger charge is 2.17. The van der Waals surface area contributed by atoms with Crippen LogP contribution in [0.25, 0.3) is 0 Å². The van der Waals surface area contributed by atoms with E-state index in [1.54, 1.807) is 0 Å². The average molecular weight is 180 g/mol. The molecule has 0 aliphatic heterocycles. The van der Waals surface area contributed by atoms with Crippen LogP contribution < -0.4 is 0 Å². The molecule has 1 rings (SSSR count). The summed E-state index contributed by atoms with van der Waals surface area (Å²) < 4.78 is 26.0. The fraction of sp³-hybridized carbons (Fsp3) is 1.00. The SMILES string of the molecule is CC1CCC(OCF)CC1.CF. The molecule has 0 amide bonds. The number of rotatable bonds is 2. The first-order valence-corrected chi connectivity index (χ1v) is 4.38. The molecule has 0 unspecified atom stereocenters. The zero-order chi connectivity index (χ0) is 9.40. The smallest absolute Gasteiger partial charge is 0.188 e. The maximum atomic E-state index is 11.7. The molecule has 74 valence electrons. The Labute approximate surface area is 73.1 Å². The maximum absolute atomic E-state index is 11.7. The summed E-state index contributed by atoms with van der Waals surface area (Å²) in [6.07, 6.45) is 4.70. The molecular weight excluding hydrogens is 162 g/mol. The topological polar surface area (TPSA) is 9.23 Å². The molecule has 1 aliphatic carbocycles. The molecule has 0 spiro atoms. The lowest BCUT2D eigenvalue weighted by molar-refractivity contribution is -0.0274. The van der Waals surface area contributed by atoms with E-state index in [-0.39, 0.29) is 6.10 Å². The Morgan fingerprint density at radius 1 is 1.17 bits per heavy atom. The second-order valence-electron chi connectivity index (χ2n) is 3.16. The first-order valence-electron chi connectivity index (χ1n) is 4.38. The number of hydrogen-bond donors (Lipinski definition) is 0. The quantitative estimate of drug-likeness (QED) is 0.634. The third-order valence-electron chi connectivity index (χ3n) is 2.26. The lowest BCUT2D eigenvalue weighted by Gasteiger charge is -2.24. The van der Waals surface area contributed by atoms with Crippen molar-refractivity contribution < 1.29 is 13.5 Å². The van der Waals surface area contributed by atoms with Crippen LogP contribution in [0.1, 0.15) is 32.6 Å². The third-order valence-corrected chi connectivity index (χ3v) is 2.26. The molecule has 0 N–H and O–H groups in total. The van der Waals surface area contributed by atoms with Crippen molar-refractivity contribution in [3.63, 3.8) is 0 Å². The summed E-state index contributed by atoms with van der Waals surface area (Å²) in [5, 5.41) is 0. The molecule has 1 fully saturated rings. The van der Waals surface area contributed by atoms with E-state index in [0.29, 0.717) is 7.18 Å². The van der Waals surface area contributed by atoms with E-state index in [2.05, 4.69) is 6.92 Å². The Morgan fingerprint density at radius 3 is 2.08 bits per heavy atom. The highest BCUT2D eigenvalue weighted by Crippen LogP contribution is 2.25. The van der Waals surface area contributed by atoms with E-state index < -0.39 is 6.86 Å². The second kappa shape index (κ2) is 7.47. The van der Waals surface area contributed by atoms with Gasteiger partial charge in [0, 0.05) is 0 Å². The highest BCUT2D eigenvalue weighted by atomic mass is 19.1. The number of ether oxygens (including phenoxy) is 1. The van der Waals surface area contributed by atoms with Crippen LogP contribution in [0.4, 0.5) is 8.78 Å². The third kappa shape index (κ3) is 4.65. The Balaban J connectivity index is 0.000000561. The normalized spacial score (nSPS) is 29.0. The molecule has 1 nitrogen and oxygen atoms in total. The lowest BCUT2D eigenvalue weighted by atomic mass is 9.89. The van der Waals surface area contributed by atoms with Gasteiger partial charge in [0.05, 0.1) is 13.3 Å². The van der Waals surface area contributed by atoms with Gasteiger partial charge in [0.15, 0.2) is 6.86 Å². The fourth-order valence-corrected chi connectivity index (χ4v) is 1.49. The fourth-order valence-electron chi connectivity index (χ4n) is 1.49. The maximum Gasteiger partial charge on any atom is 0.188 e. The second-order valence-corrected chi connectivity index (χ2v) is 3.16. The summed E-state index contributed by atoms with van der Waals surface area (Å²) in [6, 6.07) is 0.